The Morgan fingerprint density at radius 3 is 2.78 bits per heavy atom. The Hall–Kier alpha value is -1.60. The van der Waals surface area contributed by atoms with Crippen LogP contribution in [0.3, 0.4) is 0 Å². The predicted octanol–water partition coefficient (Wildman–Crippen LogP) is 3.26. The number of aromatic nitrogens is 2. The molecule has 0 fully saturated rings. The number of halogens is 2. The number of carboxylic acid groups (broad SMARTS) is 1. The van der Waals surface area contributed by atoms with Crippen LogP contribution in [0, 0.1) is 5.41 Å². The van der Waals surface area contributed by atoms with Crippen molar-refractivity contribution in [2.45, 2.75) is 25.6 Å². The van der Waals surface area contributed by atoms with Gasteiger partial charge in [0, 0.05) is 15.7 Å². The first kappa shape index (κ1) is 17.7. The lowest BCUT2D eigenvalue weighted by Crippen LogP contribution is -2.34. The van der Waals surface area contributed by atoms with Gasteiger partial charge < -0.3 is 9.84 Å². The van der Waals surface area contributed by atoms with Crippen LogP contribution in [0.1, 0.15) is 24.5 Å². The third-order valence-electron chi connectivity index (χ3n) is 3.83. The molecule has 1 unspecified atom stereocenters. The van der Waals surface area contributed by atoms with Gasteiger partial charge in [0.05, 0.1) is 30.7 Å². The molecule has 0 bridgehead atoms. The number of hydrogen-bond donors (Lipinski definition) is 2. The van der Waals surface area contributed by atoms with Crippen molar-refractivity contribution in [3.63, 3.8) is 0 Å². The van der Waals surface area contributed by atoms with E-state index in [0.29, 0.717) is 0 Å². The fourth-order valence-corrected chi connectivity index (χ4v) is 3.60. The van der Waals surface area contributed by atoms with Gasteiger partial charge in [-0.2, -0.15) is 5.10 Å². The highest BCUT2D eigenvalue weighted by atomic mass is 79.9. The van der Waals surface area contributed by atoms with Crippen LogP contribution in [0.15, 0.2) is 16.7 Å². The summed E-state index contributed by atoms with van der Waals surface area (Å²) in [5, 5.41) is 16.9. The minimum Gasteiger partial charge on any atom is -0.481 e. The number of alkyl halides is 1. The van der Waals surface area contributed by atoms with Crippen molar-refractivity contribution in [1.29, 1.82) is 0 Å². The van der Waals surface area contributed by atoms with Gasteiger partial charge in [0.1, 0.15) is 0 Å². The fraction of sp³-hybridized carbons (Fsp3) is 0.400. The molecule has 124 valence electrons. The lowest BCUT2D eigenvalue weighted by Gasteiger charge is -2.26. The highest BCUT2D eigenvalue weighted by Crippen LogP contribution is 2.35. The average Bonchev–Trinajstić information content (AvgIpc) is 2.95. The van der Waals surface area contributed by atoms with E-state index in [2.05, 4.69) is 26.1 Å². The van der Waals surface area contributed by atoms with Gasteiger partial charge in [0.2, 0.25) is 0 Å². The second-order valence-electron chi connectivity index (χ2n) is 5.59. The first-order valence-corrected chi connectivity index (χ1v) is 8.14. The number of carbonyl (C=O) groups excluding carboxylic acids is 1. The number of aromatic amines is 1. The van der Waals surface area contributed by atoms with Crippen molar-refractivity contribution in [3.8, 4) is 0 Å². The molecule has 0 spiro atoms. The number of benzene rings is 1. The van der Waals surface area contributed by atoms with Gasteiger partial charge in [-0.3, -0.25) is 14.7 Å². The molecule has 1 heterocycles. The molecule has 2 aromatic rings. The Kier molecular flexibility index (Phi) is 5.31. The monoisotopic (exact) mass is 402 g/mol. The zero-order chi connectivity index (χ0) is 17.2. The molecule has 8 heteroatoms. The molecule has 0 aliphatic carbocycles. The maximum absolute atomic E-state index is 12.1. The predicted molar refractivity (Wildman–Crippen MR) is 89.4 cm³/mol. The van der Waals surface area contributed by atoms with Crippen LogP contribution >= 0.6 is 27.5 Å². The summed E-state index contributed by atoms with van der Waals surface area (Å²) >= 11 is 9.53. The van der Waals surface area contributed by atoms with Gasteiger partial charge in [-0.25, -0.2) is 0 Å². The molecule has 1 aromatic heterocycles. The van der Waals surface area contributed by atoms with Crippen molar-refractivity contribution < 1.29 is 19.4 Å². The van der Waals surface area contributed by atoms with Gasteiger partial charge in [0.25, 0.3) is 0 Å². The van der Waals surface area contributed by atoms with Crippen molar-refractivity contribution in [2.75, 3.05) is 7.11 Å². The van der Waals surface area contributed by atoms with E-state index in [1.165, 1.54) is 7.11 Å². The molecule has 2 N–H and O–H groups in total. The molecule has 0 saturated heterocycles. The number of nitrogens with zero attached hydrogens (tertiary/aromatic N) is 1. The summed E-state index contributed by atoms with van der Waals surface area (Å²) in [6, 6.07) is 1.83. The van der Waals surface area contributed by atoms with Gasteiger partial charge >= 0.3 is 11.9 Å². The van der Waals surface area contributed by atoms with Gasteiger partial charge in [-0.1, -0.05) is 0 Å². The molecule has 0 aliphatic rings. The molecule has 6 nitrogen and oxygen atoms in total. The lowest BCUT2D eigenvalue weighted by molar-refractivity contribution is -0.157. The highest BCUT2D eigenvalue weighted by Gasteiger charge is 2.38. The summed E-state index contributed by atoms with van der Waals surface area (Å²) in [6.07, 6.45) is 1.53. The number of aliphatic carboxylic acids is 1. The normalized spacial score (nSPS) is 13.7. The summed E-state index contributed by atoms with van der Waals surface area (Å²) in [5.41, 5.74) is 1.23. The van der Waals surface area contributed by atoms with Crippen LogP contribution < -0.4 is 0 Å². The van der Waals surface area contributed by atoms with E-state index in [4.69, 9.17) is 21.4 Å². The van der Waals surface area contributed by atoms with Crippen LogP contribution in [-0.2, 0) is 26.6 Å². The number of methoxy groups -OCH3 is 1. The first-order valence-electron chi connectivity index (χ1n) is 6.82. The fourth-order valence-electron chi connectivity index (χ4n) is 2.71. The number of esters is 1. The van der Waals surface area contributed by atoms with Gasteiger partial charge in [0.15, 0.2) is 0 Å². The Labute approximate surface area is 146 Å². The number of H-pyrrole nitrogens is 1. The van der Waals surface area contributed by atoms with E-state index in [-0.39, 0.29) is 18.7 Å². The average molecular weight is 404 g/mol. The minimum absolute atomic E-state index is 0.202. The Balaban J connectivity index is 2.53. The van der Waals surface area contributed by atoms with Crippen LogP contribution in [0.2, 0.25) is 0 Å². The van der Waals surface area contributed by atoms with Gasteiger partial charge in [-0.05, 0) is 46.5 Å². The largest absolute Gasteiger partial charge is 0.481 e. The maximum atomic E-state index is 12.1. The molecular weight excluding hydrogens is 388 g/mol. The van der Waals surface area contributed by atoms with Crippen LogP contribution in [0.4, 0.5) is 0 Å². The summed E-state index contributed by atoms with van der Waals surface area (Å²) in [4.78, 5) is 23.3. The number of carbonyl (C=O) groups is 2. The Bertz CT molecular complexity index is 761. The van der Waals surface area contributed by atoms with E-state index in [1.54, 1.807) is 13.1 Å². The van der Waals surface area contributed by atoms with E-state index in [1.807, 2.05) is 6.07 Å². The second kappa shape index (κ2) is 6.88. The van der Waals surface area contributed by atoms with E-state index in [0.717, 1.165) is 26.5 Å². The molecule has 2 rings (SSSR count). The van der Waals surface area contributed by atoms with E-state index in [9.17, 15) is 9.59 Å². The third-order valence-corrected chi connectivity index (χ3v) is 4.72. The van der Waals surface area contributed by atoms with Crippen molar-refractivity contribution in [3.05, 3.63) is 27.9 Å². The van der Waals surface area contributed by atoms with Crippen LogP contribution in [-0.4, -0.2) is 34.4 Å². The van der Waals surface area contributed by atoms with E-state index >= 15 is 0 Å². The van der Waals surface area contributed by atoms with Crippen molar-refractivity contribution in [2.24, 2.45) is 5.41 Å². The zero-order valence-electron chi connectivity index (χ0n) is 12.7. The maximum Gasteiger partial charge on any atom is 0.312 e. The minimum atomic E-state index is -1.18. The number of ether oxygens (including phenoxy) is 1. The number of nitrogens with one attached hydrogen (secondary N) is 1. The number of fused-ring (bicyclic) bond motifs is 1. The number of rotatable bonds is 6. The molecule has 0 radical (unpaired) electrons. The lowest BCUT2D eigenvalue weighted by atomic mass is 9.79. The summed E-state index contributed by atoms with van der Waals surface area (Å²) in [7, 11) is 1.25. The molecule has 1 atom stereocenters. The van der Waals surface area contributed by atoms with Crippen LogP contribution in [0.25, 0.3) is 10.9 Å². The van der Waals surface area contributed by atoms with Crippen molar-refractivity contribution in [1.82, 2.24) is 10.2 Å². The molecule has 0 saturated carbocycles. The number of hydrogen-bond acceptors (Lipinski definition) is 4. The summed E-state index contributed by atoms with van der Waals surface area (Å²) < 4.78 is 5.57. The Morgan fingerprint density at radius 2 is 2.22 bits per heavy atom. The topological polar surface area (TPSA) is 92.3 Å². The van der Waals surface area contributed by atoms with Crippen LogP contribution in [0.5, 0.6) is 0 Å². The Morgan fingerprint density at radius 1 is 1.52 bits per heavy atom. The quantitative estimate of drug-likeness (QED) is 0.570. The van der Waals surface area contributed by atoms with Crippen molar-refractivity contribution >= 4 is 50.4 Å². The third kappa shape index (κ3) is 3.50. The molecule has 1 aromatic carbocycles. The SMILES string of the molecule is COC(=O)C(C)(CC(=O)O)Cc1cc(Br)c2[nH]ncc2c1CCl. The van der Waals surface area contributed by atoms with E-state index < -0.39 is 17.4 Å². The molecule has 23 heavy (non-hydrogen) atoms. The zero-order valence-corrected chi connectivity index (χ0v) is 15.0. The first-order chi connectivity index (χ1) is 10.8. The second-order valence-corrected chi connectivity index (χ2v) is 6.71. The number of carboxylic acids is 1. The summed E-state index contributed by atoms with van der Waals surface area (Å²) in [6.45, 7) is 1.58. The molecule has 0 aliphatic heterocycles. The highest BCUT2D eigenvalue weighted by molar-refractivity contribution is 9.10. The van der Waals surface area contributed by atoms with Gasteiger partial charge in [-0.15, -0.1) is 11.6 Å². The smallest absolute Gasteiger partial charge is 0.312 e. The molecule has 0 amide bonds. The standard InChI is InChI=1S/C15H16BrClN2O4/c1-15(5-12(20)21,14(22)23-2)4-8-3-11(16)13-10(7-18-19-13)9(8)6-17/h3,7H,4-6H2,1-2H3,(H,18,19)(H,20,21). The summed E-state index contributed by atoms with van der Waals surface area (Å²) in [5.74, 6) is -1.40. The molecular formula is C15H16BrClN2O4.